The largest absolute Gasteiger partial charge is 0.373 e. The third-order valence-electron chi connectivity index (χ3n) is 1.38. The smallest absolute Gasteiger partial charge is 0.161 e. The van der Waals surface area contributed by atoms with Gasteiger partial charge in [-0.1, -0.05) is 0 Å². The first kappa shape index (κ1) is 11.6. The van der Waals surface area contributed by atoms with Gasteiger partial charge < -0.3 is 4.74 Å². The zero-order valence-electron chi connectivity index (χ0n) is 7.59. The minimum atomic E-state index is -0.324. The van der Waals surface area contributed by atoms with Gasteiger partial charge in [-0.25, -0.2) is 0 Å². The van der Waals surface area contributed by atoms with Crippen LogP contribution < -0.4 is 0 Å². The molecule has 0 aliphatic carbocycles. The quantitative estimate of drug-likeness (QED) is 0.503. The van der Waals surface area contributed by atoms with Crippen LogP contribution in [0.1, 0.15) is 0 Å². The fraction of sp³-hybridized carbons (Fsp3) is 0.500. The van der Waals surface area contributed by atoms with Gasteiger partial charge in [-0.3, -0.25) is 20.0 Å². The summed E-state index contributed by atoms with van der Waals surface area (Å²) in [5.41, 5.74) is 0. The molecule has 0 bridgehead atoms. The molecule has 0 atom stereocenters. The summed E-state index contributed by atoms with van der Waals surface area (Å²) in [6.45, 7) is 14.0. The second-order valence-corrected chi connectivity index (χ2v) is 2.23. The molecule has 0 fully saturated rings. The zero-order chi connectivity index (χ0) is 10.1. The standard InChI is InChI=1S/C8H14N4O/c1-9-7(10-2)5-13-6-8(11-3)12-4/h7-8H,1-6H2. The van der Waals surface area contributed by atoms with E-state index in [-0.39, 0.29) is 12.3 Å². The van der Waals surface area contributed by atoms with Crippen molar-refractivity contribution in [3.8, 4) is 0 Å². The number of nitrogens with zero attached hydrogens (tertiary/aromatic N) is 4. The molecule has 0 spiro atoms. The Morgan fingerprint density at radius 2 is 1.08 bits per heavy atom. The van der Waals surface area contributed by atoms with Crippen molar-refractivity contribution in [2.75, 3.05) is 13.2 Å². The summed E-state index contributed by atoms with van der Waals surface area (Å²) in [7, 11) is 0. The molecule has 0 aromatic carbocycles. The van der Waals surface area contributed by atoms with Crippen LogP contribution in [0, 0.1) is 0 Å². The van der Waals surface area contributed by atoms with Crippen LogP contribution in [-0.2, 0) is 4.74 Å². The van der Waals surface area contributed by atoms with E-state index < -0.39 is 0 Å². The summed E-state index contributed by atoms with van der Waals surface area (Å²) in [5, 5.41) is 0. The summed E-state index contributed by atoms with van der Waals surface area (Å²) < 4.78 is 5.19. The second kappa shape index (κ2) is 7.30. The Bertz CT molecular complexity index is 157. The molecular weight excluding hydrogens is 168 g/mol. The van der Waals surface area contributed by atoms with Crippen LogP contribution in [0.4, 0.5) is 0 Å². The van der Waals surface area contributed by atoms with E-state index in [1.165, 1.54) is 0 Å². The van der Waals surface area contributed by atoms with E-state index in [1.807, 2.05) is 0 Å². The van der Waals surface area contributed by atoms with Gasteiger partial charge >= 0.3 is 0 Å². The van der Waals surface area contributed by atoms with Gasteiger partial charge in [0.1, 0.15) is 0 Å². The van der Waals surface area contributed by atoms with Gasteiger partial charge in [-0.2, -0.15) is 0 Å². The highest BCUT2D eigenvalue weighted by atomic mass is 16.5. The summed E-state index contributed by atoms with van der Waals surface area (Å²) in [6.07, 6.45) is -0.648. The van der Waals surface area contributed by atoms with Gasteiger partial charge in [-0.05, 0) is 26.9 Å². The monoisotopic (exact) mass is 182 g/mol. The van der Waals surface area contributed by atoms with Crippen molar-refractivity contribution >= 4 is 26.9 Å². The molecule has 0 aliphatic rings. The molecule has 0 heterocycles. The third kappa shape index (κ3) is 4.97. The van der Waals surface area contributed by atoms with Crippen molar-refractivity contribution in [1.29, 1.82) is 0 Å². The van der Waals surface area contributed by atoms with Crippen LogP contribution in [0.15, 0.2) is 20.0 Å². The lowest BCUT2D eigenvalue weighted by molar-refractivity contribution is 0.113. The summed E-state index contributed by atoms with van der Waals surface area (Å²) in [6, 6.07) is 0. The van der Waals surface area contributed by atoms with Crippen LogP contribution in [0.3, 0.4) is 0 Å². The number of hydrogen-bond donors (Lipinski definition) is 0. The van der Waals surface area contributed by atoms with Gasteiger partial charge in [0.05, 0.1) is 13.2 Å². The maximum absolute atomic E-state index is 5.19. The highest BCUT2D eigenvalue weighted by molar-refractivity contribution is 5.28. The molecule has 0 amide bonds. The molecular formula is C8H14N4O. The molecule has 0 aromatic rings. The van der Waals surface area contributed by atoms with Crippen molar-refractivity contribution < 1.29 is 4.74 Å². The average molecular weight is 182 g/mol. The fourth-order valence-electron chi connectivity index (χ4n) is 0.605. The van der Waals surface area contributed by atoms with E-state index in [2.05, 4.69) is 46.8 Å². The Morgan fingerprint density at radius 3 is 1.31 bits per heavy atom. The molecule has 0 radical (unpaired) electrons. The Hall–Kier alpha value is -1.36. The topological polar surface area (TPSA) is 58.7 Å². The van der Waals surface area contributed by atoms with Crippen LogP contribution in [-0.4, -0.2) is 52.4 Å². The summed E-state index contributed by atoms with van der Waals surface area (Å²) >= 11 is 0. The van der Waals surface area contributed by atoms with Crippen molar-refractivity contribution in [3.05, 3.63) is 0 Å². The fourth-order valence-corrected chi connectivity index (χ4v) is 0.605. The number of rotatable bonds is 8. The van der Waals surface area contributed by atoms with Crippen LogP contribution in [0.5, 0.6) is 0 Å². The highest BCUT2D eigenvalue weighted by Crippen LogP contribution is 1.96. The average Bonchev–Trinajstić information content (AvgIpc) is 2.19. The lowest BCUT2D eigenvalue weighted by Gasteiger charge is -2.09. The maximum Gasteiger partial charge on any atom is 0.161 e. The zero-order valence-corrected chi connectivity index (χ0v) is 7.59. The SMILES string of the molecule is C=NC(COCC(N=C)N=C)N=C. The van der Waals surface area contributed by atoms with Gasteiger partial charge in [0.25, 0.3) is 0 Å². The molecule has 0 unspecified atom stereocenters. The molecule has 0 N–H and O–H groups in total. The summed E-state index contributed by atoms with van der Waals surface area (Å²) in [5.74, 6) is 0. The van der Waals surface area contributed by atoms with Gasteiger partial charge in [0.2, 0.25) is 0 Å². The van der Waals surface area contributed by atoms with Gasteiger partial charge in [0.15, 0.2) is 12.3 Å². The molecule has 13 heavy (non-hydrogen) atoms. The molecule has 0 aliphatic heterocycles. The van der Waals surface area contributed by atoms with Gasteiger partial charge in [-0.15, -0.1) is 0 Å². The third-order valence-corrected chi connectivity index (χ3v) is 1.38. The maximum atomic E-state index is 5.19. The molecule has 5 heteroatoms. The Kier molecular flexibility index (Phi) is 6.53. The van der Waals surface area contributed by atoms with E-state index in [1.54, 1.807) is 0 Å². The number of ether oxygens (including phenoxy) is 1. The van der Waals surface area contributed by atoms with Gasteiger partial charge in [0, 0.05) is 0 Å². The Morgan fingerprint density at radius 1 is 0.769 bits per heavy atom. The van der Waals surface area contributed by atoms with Crippen molar-refractivity contribution in [2.45, 2.75) is 12.3 Å². The molecule has 72 valence electrons. The van der Waals surface area contributed by atoms with E-state index in [0.29, 0.717) is 13.2 Å². The normalized spacial score (nSPS) is 10.0. The Labute approximate surface area is 78.0 Å². The minimum absolute atomic E-state index is 0.324. The van der Waals surface area contributed by atoms with E-state index >= 15 is 0 Å². The number of hydrogen-bond acceptors (Lipinski definition) is 5. The molecule has 0 rings (SSSR count). The van der Waals surface area contributed by atoms with Crippen LogP contribution >= 0.6 is 0 Å². The van der Waals surface area contributed by atoms with Crippen molar-refractivity contribution in [1.82, 2.24) is 0 Å². The van der Waals surface area contributed by atoms with E-state index in [9.17, 15) is 0 Å². The predicted molar refractivity (Wildman–Crippen MR) is 56.6 cm³/mol. The molecule has 5 nitrogen and oxygen atoms in total. The minimum Gasteiger partial charge on any atom is -0.373 e. The van der Waals surface area contributed by atoms with Crippen molar-refractivity contribution in [3.63, 3.8) is 0 Å². The predicted octanol–water partition coefficient (Wildman–Crippen LogP) is 0.458. The summed E-state index contributed by atoms with van der Waals surface area (Å²) in [4.78, 5) is 14.6. The lowest BCUT2D eigenvalue weighted by Crippen LogP contribution is -2.16. The molecule has 0 saturated carbocycles. The second-order valence-electron chi connectivity index (χ2n) is 2.23. The first-order valence-electron chi connectivity index (χ1n) is 3.69. The van der Waals surface area contributed by atoms with Crippen molar-refractivity contribution in [2.24, 2.45) is 20.0 Å². The lowest BCUT2D eigenvalue weighted by atomic mass is 10.5. The van der Waals surface area contributed by atoms with Crippen LogP contribution in [0.25, 0.3) is 0 Å². The first-order valence-corrected chi connectivity index (χ1v) is 3.69. The van der Waals surface area contributed by atoms with E-state index in [0.717, 1.165) is 0 Å². The van der Waals surface area contributed by atoms with Crippen LogP contribution in [0.2, 0.25) is 0 Å². The first-order chi connectivity index (χ1) is 6.28. The highest BCUT2D eigenvalue weighted by Gasteiger charge is 2.04. The van der Waals surface area contributed by atoms with E-state index in [4.69, 9.17) is 4.74 Å². The molecule has 0 saturated heterocycles. The number of aliphatic imine (C=N–C) groups is 4. The molecule has 0 aromatic heterocycles. The Balaban J connectivity index is 3.63.